The number of hydrogen-bond donors (Lipinski definition) is 0. The summed E-state index contributed by atoms with van der Waals surface area (Å²) < 4.78 is 16.6. The first-order valence-electron chi connectivity index (χ1n) is 12.0. The van der Waals surface area contributed by atoms with E-state index in [0.29, 0.717) is 17.2 Å². The van der Waals surface area contributed by atoms with Crippen LogP contribution in [0.4, 0.5) is 11.8 Å². The summed E-state index contributed by atoms with van der Waals surface area (Å²) in [6, 6.07) is 10.0. The Morgan fingerprint density at radius 2 is 1.63 bits per heavy atom. The fraction of sp³-hybridized carbons (Fsp3) is 0.423. The molecule has 9 heteroatoms. The van der Waals surface area contributed by atoms with Gasteiger partial charge in [-0.15, -0.1) is 0 Å². The molecule has 0 aliphatic carbocycles. The van der Waals surface area contributed by atoms with Crippen LogP contribution < -0.4 is 24.0 Å². The molecule has 184 valence electrons. The van der Waals surface area contributed by atoms with Gasteiger partial charge in [0.2, 0.25) is 11.7 Å². The molecular formula is C26H32N6O3. The molecule has 35 heavy (non-hydrogen) atoms. The summed E-state index contributed by atoms with van der Waals surface area (Å²) in [6.45, 7) is 6.09. The van der Waals surface area contributed by atoms with Crippen LogP contribution in [0.15, 0.2) is 42.7 Å². The maximum absolute atomic E-state index is 5.67. The molecule has 3 aromatic rings. The van der Waals surface area contributed by atoms with Crippen molar-refractivity contribution >= 4 is 11.8 Å². The highest BCUT2D eigenvalue weighted by Crippen LogP contribution is 2.40. The molecule has 2 aliphatic heterocycles. The van der Waals surface area contributed by atoms with E-state index in [1.54, 1.807) is 21.3 Å². The minimum atomic E-state index is 0.626. The zero-order valence-electron chi connectivity index (χ0n) is 20.6. The number of anilines is 2. The van der Waals surface area contributed by atoms with Gasteiger partial charge in [0.05, 0.1) is 27.0 Å². The number of ether oxygens (including phenoxy) is 3. The molecule has 9 nitrogen and oxygen atoms in total. The highest BCUT2D eigenvalue weighted by atomic mass is 16.5. The number of hydrogen-bond acceptors (Lipinski definition) is 9. The van der Waals surface area contributed by atoms with Gasteiger partial charge in [0.25, 0.3) is 0 Å². The van der Waals surface area contributed by atoms with Crippen molar-refractivity contribution < 1.29 is 14.2 Å². The molecule has 2 aromatic heterocycles. The molecule has 1 saturated heterocycles. The second kappa shape index (κ2) is 10.4. The van der Waals surface area contributed by atoms with Gasteiger partial charge in [0.15, 0.2) is 11.5 Å². The zero-order chi connectivity index (χ0) is 24.2. The summed E-state index contributed by atoms with van der Waals surface area (Å²) in [6.07, 6.45) is 4.74. The standard InChI is InChI=1S/C26H32N6O3/c1-33-22-8-7-19(24(34-2)25(22)35-3)17-30-11-9-21-20(18-30)16-28-26(29-21)32-14-12-31(13-15-32)23-6-4-5-10-27-23/h4-8,10,16H,9,11-15,17-18H2,1-3H3. The number of nitrogens with zero attached hydrogens (tertiary/aromatic N) is 6. The van der Waals surface area contributed by atoms with Crippen LogP contribution in [0.2, 0.25) is 0 Å². The second-order valence-electron chi connectivity index (χ2n) is 8.76. The zero-order valence-corrected chi connectivity index (χ0v) is 20.6. The van der Waals surface area contributed by atoms with E-state index in [9.17, 15) is 0 Å². The molecule has 1 fully saturated rings. The van der Waals surface area contributed by atoms with Crippen LogP contribution in [0.5, 0.6) is 17.2 Å². The Balaban J connectivity index is 1.24. The quantitative estimate of drug-likeness (QED) is 0.512. The van der Waals surface area contributed by atoms with Gasteiger partial charge in [-0.3, -0.25) is 4.90 Å². The summed E-state index contributed by atoms with van der Waals surface area (Å²) in [5, 5.41) is 0. The van der Waals surface area contributed by atoms with Gasteiger partial charge in [-0.1, -0.05) is 12.1 Å². The van der Waals surface area contributed by atoms with E-state index >= 15 is 0 Å². The van der Waals surface area contributed by atoms with Crippen molar-refractivity contribution in [2.75, 3.05) is 63.9 Å². The Kier molecular flexibility index (Phi) is 6.85. The molecule has 0 radical (unpaired) electrons. The van der Waals surface area contributed by atoms with Gasteiger partial charge in [-0.2, -0.15) is 0 Å². The highest BCUT2D eigenvalue weighted by Gasteiger charge is 2.24. The van der Waals surface area contributed by atoms with Gasteiger partial charge >= 0.3 is 0 Å². The van der Waals surface area contributed by atoms with Crippen LogP contribution in [-0.2, 0) is 19.5 Å². The Morgan fingerprint density at radius 3 is 2.34 bits per heavy atom. The van der Waals surface area contributed by atoms with Crippen LogP contribution in [0.25, 0.3) is 0 Å². The van der Waals surface area contributed by atoms with Crippen molar-refractivity contribution in [2.45, 2.75) is 19.5 Å². The van der Waals surface area contributed by atoms with E-state index in [0.717, 1.165) is 75.3 Å². The maximum Gasteiger partial charge on any atom is 0.225 e. The van der Waals surface area contributed by atoms with E-state index < -0.39 is 0 Å². The number of benzene rings is 1. The van der Waals surface area contributed by atoms with Gasteiger partial charge < -0.3 is 24.0 Å². The molecule has 0 spiro atoms. The monoisotopic (exact) mass is 476 g/mol. The molecule has 4 heterocycles. The summed E-state index contributed by atoms with van der Waals surface area (Å²) in [7, 11) is 4.93. The van der Waals surface area contributed by atoms with E-state index in [1.807, 2.05) is 36.7 Å². The molecule has 2 aliphatic rings. The third-order valence-electron chi connectivity index (χ3n) is 6.72. The number of rotatable bonds is 7. The smallest absolute Gasteiger partial charge is 0.225 e. The predicted molar refractivity (Wildman–Crippen MR) is 135 cm³/mol. The minimum absolute atomic E-state index is 0.626. The maximum atomic E-state index is 5.67. The second-order valence-corrected chi connectivity index (χ2v) is 8.76. The molecule has 5 rings (SSSR count). The lowest BCUT2D eigenvalue weighted by Crippen LogP contribution is -2.47. The number of piperazine rings is 1. The predicted octanol–water partition coefficient (Wildman–Crippen LogP) is 2.78. The molecule has 0 N–H and O–H groups in total. The van der Waals surface area contributed by atoms with E-state index in [4.69, 9.17) is 24.2 Å². The van der Waals surface area contributed by atoms with Crippen molar-refractivity contribution in [1.29, 1.82) is 0 Å². The number of fused-ring (bicyclic) bond motifs is 1. The lowest BCUT2D eigenvalue weighted by Gasteiger charge is -2.36. The molecule has 0 unspecified atom stereocenters. The van der Waals surface area contributed by atoms with Crippen molar-refractivity contribution in [3.8, 4) is 17.2 Å². The number of pyridine rings is 1. The Morgan fingerprint density at radius 1 is 0.829 bits per heavy atom. The average Bonchev–Trinajstić information content (AvgIpc) is 2.93. The van der Waals surface area contributed by atoms with Crippen molar-refractivity contribution in [3.63, 3.8) is 0 Å². The van der Waals surface area contributed by atoms with E-state index in [1.165, 1.54) is 5.56 Å². The largest absolute Gasteiger partial charge is 0.493 e. The van der Waals surface area contributed by atoms with Crippen LogP contribution in [0.3, 0.4) is 0 Å². The van der Waals surface area contributed by atoms with E-state index in [-0.39, 0.29) is 0 Å². The lowest BCUT2D eigenvalue weighted by molar-refractivity contribution is 0.237. The van der Waals surface area contributed by atoms with Crippen LogP contribution >= 0.6 is 0 Å². The first-order chi connectivity index (χ1) is 17.2. The first-order valence-corrected chi connectivity index (χ1v) is 12.0. The highest BCUT2D eigenvalue weighted by molar-refractivity contribution is 5.55. The summed E-state index contributed by atoms with van der Waals surface area (Å²) in [4.78, 5) is 21.1. The van der Waals surface area contributed by atoms with Gasteiger partial charge in [0, 0.05) is 75.8 Å². The third kappa shape index (κ3) is 4.81. The fourth-order valence-electron chi connectivity index (χ4n) is 4.86. The van der Waals surface area contributed by atoms with Crippen molar-refractivity contribution in [1.82, 2.24) is 19.9 Å². The Hall–Kier alpha value is -3.59. The number of aromatic nitrogens is 3. The first kappa shape index (κ1) is 23.2. The van der Waals surface area contributed by atoms with Gasteiger partial charge in [0.1, 0.15) is 5.82 Å². The molecule has 1 aromatic carbocycles. The van der Waals surface area contributed by atoms with Gasteiger partial charge in [-0.25, -0.2) is 15.0 Å². The summed E-state index contributed by atoms with van der Waals surface area (Å²) >= 11 is 0. The van der Waals surface area contributed by atoms with E-state index in [2.05, 4.69) is 25.8 Å². The van der Waals surface area contributed by atoms with Crippen molar-refractivity contribution in [3.05, 3.63) is 59.5 Å². The van der Waals surface area contributed by atoms with Crippen LogP contribution in [0, 0.1) is 0 Å². The molecule has 0 atom stereocenters. The van der Waals surface area contributed by atoms with Crippen LogP contribution in [0.1, 0.15) is 16.8 Å². The average molecular weight is 477 g/mol. The Labute approximate surface area is 206 Å². The van der Waals surface area contributed by atoms with Gasteiger partial charge in [-0.05, 0) is 18.2 Å². The third-order valence-corrected chi connectivity index (χ3v) is 6.72. The fourth-order valence-corrected chi connectivity index (χ4v) is 4.86. The van der Waals surface area contributed by atoms with Crippen molar-refractivity contribution in [2.24, 2.45) is 0 Å². The molecule has 0 bridgehead atoms. The topological polar surface area (TPSA) is 76.1 Å². The Bertz CT molecular complexity index is 1150. The minimum Gasteiger partial charge on any atom is -0.493 e. The molecule has 0 saturated carbocycles. The normalized spacial score (nSPS) is 16.1. The molecule has 0 amide bonds. The summed E-state index contributed by atoms with van der Waals surface area (Å²) in [5.74, 6) is 3.87. The SMILES string of the molecule is COc1ccc(CN2CCc3nc(N4CCN(c5ccccn5)CC4)ncc3C2)c(OC)c1OC. The molecular weight excluding hydrogens is 444 g/mol. The lowest BCUT2D eigenvalue weighted by atomic mass is 10.1. The van der Waals surface area contributed by atoms with Crippen LogP contribution in [-0.4, -0.2) is 73.9 Å². The number of methoxy groups -OCH3 is 3. The summed E-state index contributed by atoms with van der Waals surface area (Å²) in [5.41, 5.74) is 3.40.